The minimum absolute atomic E-state index is 0.00135. The van der Waals surface area contributed by atoms with E-state index in [2.05, 4.69) is 29.4 Å². The fourth-order valence-corrected chi connectivity index (χ4v) is 7.54. The van der Waals surface area contributed by atoms with Gasteiger partial charge in [-0.2, -0.15) is 0 Å². The number of nitrogens with zero attached hydrogens (tertiary/aromatic N) is 4. The van der Waals surface area contributed by atoms with Crippen LogP contribution in [0.4, 0.5) is 4.39 Å². The van der Waals surface area contributed by atoms with Gasteiger partial charge in [0.1, 0.15) is 27.3 Å². The van der Waals surface area contributed by atoms with Crippen LogP contribution in [0.15, 0.2) is 66.7 Å². The summed E-state index contributed by atoms with van der Waals surface area (Å²) in [6, 6.07) is 19.4. The Hall–Kier alpha value is -4.64. The molecule has 3 fully saturated rings. The van der Waals surface area contributed by atoms with E-state index in [4.69, 9.17) is 4.74 Å². The van der Waals surface area contributed by atoms with Gasteiger partial charge in [0.2, 0.25) is 11.8 Å². The van der Waals surface area contributed by atoms with E-state index in [1.807, 2.05) is 49.4 Å². The quantitative estimate of drug-likeness (QED) is 0.206. The minimum atomic E-state index is -0.711. The van der Waals surface area contributed by atoms with Crippen molar-refractivity contribution in [2.45, 2.75) is 65.1 Å². The summed E-state index contributed by atoms with van der Waals surface area (Å²) in [5.74, 6) is -0.0325. The van der Waals surface area contributed by atoms with Crippen LogP contribution in [-0.2, 0) is 22.7 Å². The van der Waals surface area contributed by atoms with Crippen LogP contribution < -0.4 is 10.1 Å². The largest absolute Gasteiger partial charge is 0.457 e. The highest BCUT2D eigenvalue weighted by molar-refractivity contribution is 7.14. The van der Waals surface area contributed by atoms with E-state index in [-0.39, 0.29) is 41.5 Å². The van der Waals surface area contributed by atoms with Gasteiger partial charge in [-0.25, -0.2) is 4.39 Å². The van der Waals surface area contributed by atoms with Crippen LogP contribution in [0.3, 0.4) is 0 Å². The molecule has 11 heteroatoms. The summed E-state index contributed by atoms with van der Waals surface area (Å²) in [6.07, 6.45) is 1.81. The summed E-state index contributed by atoms with van der Waals surface area (Å²) >= 11 is 1.54. The lowest BCUT2D eigenvalue weighted by Crippen LogP contribution is -2.42. The number of likely N-dealkylation sites (tertiary alicyclic amines) is 2. The third-order valence-electron chi connectivity index (χ3n) is 9.52. The van der Waals surface area contributed by atoms with E-state index >= 15 is 4.39 Å². The molecule has 3 aliphatic rings. The molecule has 0 radical (unpaired) electrons. The average Bonchev–Trinajstić information content (AvgIpc) is 3.50. The van der Waals surface area contributed by atoms with Crippen molar-refractivity contribution in [2.75, 3.05) is 13.1 Å². The molecule has 9 nitrogen and oxygen atoms in total. The number of ether oxygens (including phenoxy) is 1. The molecule has 2 aliphatic heterocycles. The summed E-state index contributed by atoms with van der Waals surface area (Å²) in [5, 5.41) is 13.3. The molecule has 1 aromatic heterocycles. The van der Waals surface area contributed by atoms with Gasteiger partial charge in [0, 0.05) is 49.6 Å². The Morgan fingerprint density at radius 2 is 1.77 bits per heavy atom. The van der Waals surface area contributed by atoms with Crippen molar-refractivity contribution < 1.29 is 23.5 Å². The van der Waals surface area contributed by atoms with Crippen LogP contribution in [0.2, 0.25) is 0 Å². The maximum atomic E-state index is 15.8. The van der Waals surface area contributed by atoms with Gasteiger partial charge >= 0.3 is 0 Å². The van der Waals surface area contributed by atoms with Crippen molar-refractivity contribution in [1.82, 2.24) is 25.3 Å². The number of halogens is 1. The summed E-state index contributed by atoms with van der Waals surface area (Å²) in [7, 11) is 0. The Morgan fingerprint density at radius 3 is 2.42 bits per heavy atom. The molecule has 1 aliphatic carbocycles. The first-order valence-electron chi connectivity index (χ1n) is 16.5. The average molecular weight is 668 g/mol. The van der Waals surface area contributed by atoms with Crippen LogP contribution in [0.1, 0.15) is 72.4 Å². The Bertz CT molecular complexity index is 1860. The number of rotatable bonds is 10. The second-order valence-corrected chi connectivity index (χ2v) is 14.6. The van der Waals surface area contributed by atoms with Gasteiger partial charge in [-0.15, -0.1) is 10.2 Å². The van der Waals surface area contributed by atoms with E-state index in [0.717, 1.165) is 21.1 Å². The number of amides is 3. The number of hydrogen-bond donors (Lipinski definition) is 1. The van der Waals surface area contributed by atoms with Crippen molar-refractivity contribution in [1.29, 1.82) is 0 Å². The number of carbonyl (C=O) groups is 3. The molecule has 1 N–H and O–H groups in total. The fraction of sp³-hybridized carbons (Fsp3) is 0.378. The van der Waals surface area contributed by atoms with Gasteiger partial charge in [0.25, 0.3) is 5.91 Å². The predicted octanol–water partition coefficient (Wildman–Crippen LogP) is 6.55. The second kappa shape index (κ2) is 12.8. The molecule has 3 heterocycles. The van der Waals surface area contributed by atoms with Gasteiger partial charge in [-0.05, 0) is 60.7 Å². The first kappa shape index (κ1) is 31.9. The van der Waals surface area contributed by atoms with Crippen LogP contribution in [0.25, 0.3) is 10.6 Å². The molecule has 48 heavy (non-hydrogen) atoms. The third kappa shape index (κ3) is 6.31. The van der Waals surface area contributed by atoms with Crippen molar-refractivity contribution in [2.24, 2.45) is 11.3 Å². The van der Waals surface area contributed by atoms with Crippen LogP contribution in [-0.4, -0.2) is 56.9 Å². The molecule has 248 valence electrons. The SMILES string of the molecule is CC(C)c1nnc(-c2ccc(Oc3cc(C(=O)N[C@@H]4CN(Cc5ccccc5)C(=O)C45CC5)c(F)cc3CN3C[C@@H](C)CC3=O)cc2)s1. The number of nitrogens with one attached hydrogen (secondary N) is 1. The zero-order valence-corrected chi connectivity index (χ0v) is 28.1. The Morgan fingerprint density at radius 1 is 1.02 bits per heavy atom. The van der Waals surface area contributed by atoms with Gasteiger partial charge in [0.15, 0.2) is 0 Å². The van der Waals surface area contributed by atoms with E-state index in [9.17, 15) is 14.4 Å². The summed E-state index contributed by atoms with van der Waals surface area (Å²) in [4.78, 5) is 43.2. The standard InChI is InChI=1S/C37H38FN5O4S/c1-22(2)34-40-41-35(48-34)25-9-11-27(12-10-25)47-30-17-28(29(38)16-26(30)20-42-18-23(3)15-32(42)44)33(45)39-31-21-43(36(46)37(31)13-14-37)19-24-7-5-4-6-8-24/h4-12,16-17,22-23,31H,13-15,18-21H2,1-3H3,(H,39,45)/t23-,31+/m0/s1. The molecule has 1 spiro atoms. The van der Waals surface area contributed by atoms with E-state index in [0.29, 0.717) is 50.2 Å². The van der Waals surface area contributed by atoms with Crippen molar-refractivity contribution in [3.63, 3.8) is 0 Å². The zero-order valence-electron chi connectivity index (χ0n) is 27.2. The minimum Gasteiger partial charge on any atom is -0.457 e. The number of hydrogen-bond acceptors (Lipinski definition) is 7. The predicted molar refractivity (Wildman–Crippen MR) is 180 cm³/mol. The first-order chi connectivity index (χ1) is 23.1. The zero-order chi connectivity index (χ0) is 33.6. The summed E-state index contributed by atoms with van der Waals surface area (Å²) in [5.41, 5.74) is 1.55. The van der Waals surface area contributed by atoms with E-state index < -0.39 is 23.2 Å². The highest BCUT2D eigenvalue weighted by Gasteiger charge is 2.62. The van der Waals surface area contributed by atoms with Crippen molar-refractivity contribution in [3.8, 4) is 22.1 Å². The highest BCUT2D eigenvalue weighted by atomic mass is 32.1. The Kier molecular flexibility index (Phi) is 8.49. The topological polar surface area (TPSA) is 105 Å². The lowest BCUT2D eigenvalue weighted by molar-refractivity contribution is -0.132. The summed E-state index contributed by atoms with van der Waals surface area (Å²) < 4.78 is 22.1. The molecule has 4 aromatic rings. The van der Waals surface area contributed by atoms with Gasteiger partial charge in [0.05, 0.1) is 17.0 Å². The fourth-order valence-electron chi connectivity index (χ4n) is 6.69. The lowest BCUT2D eigenvalue weighted by atomic mass is 9.99. The van der Waals surface area contributed by atoms with Crippen molar-refractivity contribution in [3.05, 3.63) is 94.2 Å². The molecule has 7 rings (SSSR count). The van der Waals surface area contributed by atoms with E-state index in [1.54, 1.807) is 21.9 Å². The molecule has 2 saturated heterocycles. The maximum Gasteiger partial charge on any atom is 0.254 e. The monoisotopic (exact) mass is 667 g/mol. The first-order valence-corrected chi connectivity index (χ1v) is 17.3. The highest BCUT2D eigenvalue weighted by Crippen LogP contribution is 2.54. The third-order valence-corrected chi connectivity index (χ3v) is 10.8. The molecule has 3 aromatic carbocycles. The second-order valence-electron chi connectivity index (χ2n) is 13.6. The van der Waals surface area contributed by atoms with Crippen LogP contribution in [0.5, 0.6) is 11.5 Å². The molecular weight excluding hydrogens is 630 g/mol. The van der Waals surface area contributed by atoms with Gasteiger partial charge in [-0.3, -0.25) is 14.4 Å². The molecule has 0 bridgehead atoms. The molecule has 1 saturated carbocycles. The van der Waals surface area contributed by atoms with E-state index in [1.165, 1.54) is 23.5 Å². The number of carbonyl (C=O) groups excluding carboxylic acids is 3. The van der Waals surface area contributed by atoms with Crippen molar-refractivity contribution >= 4 is 29.1 Å². The van der Waals surface area contributed by atoms with Gasteiger partial charge < -0.3 is 19.9 Å². The Labute approximate surface area is 283 Å². The number of aromatic nitrogens is 2. The number of benzene rings is 3. The van der Waals surface area contributed by atoms with Crippen LogP contribution >= 0.6 is 11.3 Å². The Balaban J connectivity index is 1.13. The molecule has 0 unspecified atom stereocenters. The molecular formula is C37H38FN5O4S. The smallest absolute Gasteiger partial charge is 0.254 e. The maximum absolute atomic E-state index is 15.8. The molecule has 3 amide bonds. The molecule has 2 atom stereocenters. The lowest BCUT2D eigenvalue weighted by Gasteiger charge is -2.21. The van der Waals surface area contributed by atoms with Crippen LogP contribution in [0, 0.1) is 17.2 Å². The normalized spacial score (nSPS) is 19.9. The van der Waals surface area contributed by atoms with Gasteiger partial charge in [-0.1, -0.05) is 62.4 Å². The summed E-state index contributed by atoms with van der Waals surface area (Å²) in [6.45, 7) is 7.70.